The zero-order valence-electron chi connectivity index (χ0n) is 17.5. The molecule has 1 aliphatic rings. The van der Waals surface area contributed by atoms with Crippen molar-refractivity contribution in [2.75, 3.05) is 45.6 Å². The van der Waals surface area contributed by atoms with E-state index in [1.807, 2.05) is 32.3 Å². The maximum absolute atomic E-state index is 12.7. The number of rotatable bonds is 9. The van der Waals surface area contributed by atoms with E-state index in [2.05, 4.69) is 35.0 Å². The molecule has 1 saturated carbocycles. The molecule has 1 aromatic carbocycles. The van der Waals surface area contributed by atoms with E-state index in [9.17, 15) is 4.79 Å². The van der Waals surface area contributed by atoms with Crippen LogP contribution < -0.4 is 16.0 Å². The number of carbonyl (C=O) groups excluding carboxylic acids is 1. The molecular weight excluding hydrogens is 465 g/mol. The first-order valence-electron chi connectivity index (χ1n) is 10.1. The van der Waals surface area contributed by atoms with Crippen LogP contribution in [0, 0.1) is 5.41 Å². The minimum atomic E-state index is -0.319. The van der Waals surface area contributed by atoms with Gasteiger partial charge >= 0.3 is 0 Å². The highest BCUT2D eigenvalue weighted by Crippen LogP contribution is 2.39. The number of halogens is 1. The van der Waals surface area contributed by atoms with Crippen molar-refractivity contribution >= 4 is 41.5 Å². The Hall–Kier alpha value is -1.51. The summed E-state index contributed by atoms with van der Waals surface area (Å²) in [6, 6.07) is 10.2. The van der Waals surface area contributed by atoms with E-state index in [1.54, 1.807) is 4.90 Å². The first kappa shape index (κ1) is 24.5. The van der Waals surface area contributed by atoms with Crippen LogP contribution >= 0.6 is 24.0 Å². The van der Waals surface area contributed by atoms with Crippen LogP contribution in [0.3, 0.4) is 0 Å². The average molecular weight is 501 g/mol. The molecule has 7 heteroatoms. The molecule has 2 rings (SSSR count). The number of guanidine groups is 1. The standard InChI is InChI=1S/C21H35N5O.HI/c1-4-22-20(24-16-10-15-23-18-11-6-5-7-12-18)25-17-21(13-8-9-14-21)19(27)26(2)3;/h5-7,11-12,23H,4,8-10,13-17H2,1-3H3,(H2,22,24,25);1H. The number of aliphatic imine (C=N–C) groups is 1. The molecule has 1 fully saturated rings. The van der Waals surface area contributed by atoms with E-state index in [-0.39, 0.29) is 35.3 Å². The summed E-state index contributed by atoms with van der Waals surface area (Å²) in [5.74, 6) is 1.02. The molecule has 0 saturated heterocycles. The van der Waals surface area contributed by atoms with E-state index in [1.165, 1.54) is 0 Å². The number of anilines is 1. The molecule has 0 aromatic heterocycles. The van der Waals surface area contributed by atoms with E-state index in [0.29, 0.717) is 6.54 Å². The topological polar surface area (TPSA) is 68.8 Å². The van der Waals surface area contributed by atoms with Gasteiger partial charge in [-0.2, -0.15) is 0 Å². The maximum atomic E-state index is 12.7. The lowest BCUT2D eigenvalue weighted by Gasteiger charge is -2.29. The van der Waals surface area contributed by atoms with Crippen molar-refractivity contribution < 1.29 is 4.79 Å². The average Bonchev–Trinajstić information content (AvgIpc) is 3.16. The van der Waals surface area contributed by atoms with Crippen LogP contribution in [0.15, 0.2) is 35.3 Å². The summed E-state index contributed by atoms with van der Waals surface area (Å²) in [6.07, 6.45) is 5.09. The van der Waals surface area contributed by atoms with Crippen LogP contribution in [0.4, 0.5) is 5.69 Å². The monoisotopic (exact) mass is 501 g/mol. The zero-order chi connectivity index (χ0) is 19.5. The molecule has 3 N–H and O–H groups in total. The molecule has 0 unspecified atom stereocenters. The van der Waals surface area contributed by atoms with Crippen molar-refractivity contribution in [1.29, 1.82) is 0 Å². The second-order valence-corrected chi connectivity index (χ2v) is 7.46. The molecule has 158 valence electrons. The summed E-state index contributed by atoms with van der Waals surface area (Å²) in [4.78, 5) is 19.2. The summed E-state index contributed by atoms with van der Waals surface area (Å²) in [7, 11) is 3.69. The number of nitrogens with zero attached hydrogens (tertiary/aromatic N) is 2. The number of para-hydroxylation sites is 1. The van der Waals surface area contributed by atoms with Gasteiger partial charge in [0.25, 0.3) is 0 Å². The molecule has 0 aliphatic heterocycles. The molecule has 1 aliphatic carbocycles. The van der Waals surface area contributed by atoms with Crippen molar-refractivity contribution in [3.8, 4) is 0 Å². The Balaban J connectivity index is 0.00000392. The molecule has 0 radical (unpaired) electrons. The van der Waals surface area contributed by atoms with E-state index < -0.39 is 0 Å². The summed E-state index contributed by atoms with van der Waals surface area (Å²) < 4.78 is 0. The van der Waals surface area contributed by atoms with E-state index >= 15 is 0 Å². The normalized spacial score (nSPS) is 15.5. The number of carbonyl (C=O) groups is 1. The molecule has 1 aromatic rings. The molecule has 0 spiro atoms. The number of hydrogen-bond acceptors (Lipinski definition) is 3. The van der Waals surface area contributed by atoms with Gasteiger partial charge in [0.15, 0.2) is 5.96 Å². The van der Waals surface area contributed by atoms with Crippen LogP contribution in [-0.4, -0.2) is 57.0 Å². The molecule has 28 heavy (non-hydrogen) atoms. The summed E-state index contributed by atoms with van der Waals surface area (Å²) in [5, 5.41) is 10.1. The van der Waals surface area contributed by atoms with Crippen molar-refractivity contribution in [3.05, 3.63) is 30.3 Å². The lowest BCUT2D eigenvalue weighted by molar-refractivity contribution is -0.138. The lowest BCUT2D eigenvalue weighted by atomic mass is 9.85. The highest BCUT2D eigenvalue weighted by molar-refractivity contribution is 14.0. The number of benzene rings is 1. The van der Waals surface area contributed by atoms with Gasteiger partial charge in [0, 0.05) is 39.4 Å². The van der Waals surface area contributed by atoms with Crippen LogP contribution in [0.1, 0.15) is 39.0 Å². The second kappa shape index (κ2) is 12.9. The summed E-state index contributed by atoms with van der Waals surface area (Å²) in [5.41, 5.74) is 0.823. The van der Waals surface area contributed by atoms with Crippen molar-refractivity contribution in [1.82, 2.24) is 15.5 Å². The van der Waals surface area contributed by atoms with E-state index in [0.717, 1.165) is 63.4 Å². The Labute approximate surface area is 187 Å². The molecule has 0 bridgehead atoms. The Kier molecular flexibility index (Phi) is 11.3. The largest absolute Gasteiger partial charge is 0.385 e. The molecule has 1 amide bonds. The predicted molar refractivity (Wildman–Crippen MR) is 129 cm³/mol. The van der Waals surface area contributed by atoms with E-state index in [4.69, 9.17) is 4.99 Å². The third-order valence-corrected chi connectivity index (χ3v) is 5.05. The van der Waals surface area contributed by atoms with Gasteiger partial charge in [-0.1, -0.05) is 31.0 Å². The zero-order valence-corrected chi connectivity index (χ0v) is 19.8. The number of hydrogen-bond donors (Lipinski definition) is 3. The quantitative estimate of drug-likeness (QED) is 0.210. The fraction of sp³-hybridized carbons (Fsp3) is 0.619. The van der Waals surface area contributed by atoms with Gasteiger partial charge in [0.05, 0.1) is 12.0 Å². The van der Waals surface area contributed by atoms with Gasteiger partial charge in [-0.3, -0.25) is 9.79 Å². The third-order valence-electron chi connectivity index (χ3n) is 5.05. The van der Waals surface area contributed by atoms with Gasteiger partial charge < -0.3 is 20.9 Å². The smallest absolute Gasteiger partial charge is 0.230 e. The summed E-state index contributed by atoms with van der Waals surface area (Å²) >= 11 is 0. The van der Waals surface area contributed by atoms with Gasteiger partial charge in [0.1, 0.15) is 0 Å². The third kappa shape index (κ3) is 7.48. The number of nitrogens with one attached hydrogen (secondary N) is 3. The van der Waals surface area contributed by atoms with Crippen molar-refractivity contribution in [2.24, 2.45) is 10.4 Å². The fourth-order valence-electron chi connectivity index (χ4n) is 3.62. The molecular formula is C21H36IN5O. The van der Waals surface area contributed by atoms with Crippen LogP contribution in [0.5, 0.6) is 0 Å². The highest BCUT2D eigenvalue weighted by Gasteiger charge is 2.41. The predicted octanol–water partition coefficient (Wildman–Crippen LogP) is 3.31. The fourth-order valence-corrected chi connectivity index (χ4v) is 3.62. The van der Waals surface area contributed by atoms with Gasteiger partial charge in [-0.05, 0) is 38.3 Å². The first-order chi connectivity index (χ1) is 13.1. The van der Waals surface area contributed by atoms with Crippen LogP contribution in [0.2, 0.25) is 0 Å². The van der Waals surface area contributed by atoms with Crippen molar-refractivity contribution in [3.63, 3.8) is 0 Å². The van der Waals surface area contributed by atoms with Gasteiger partial charge in [-0.25, -0.2) is 0 Å². The minimum absolute atomic E-state index is 0. The van der Waals surface area contributed by atoms with Crippen LogP contribution in [-0.2, 0) is 4.79 Å². The first-order valence-corrected chi connectivity index (χ1v) is 10.1. The Morgan fingerprint density at radius 1 is 1.11 bits per heavy atom. The SMILES string of the molecule is CCNC(=NCC1(C(=O)N(C)C)CCCC1)NCCCNc1ccccc1.I. The van der Waals surface area contributed by atoms with Crippen LogP contribution in [0.25, 0.3) is 0 Å². The van der Waals surface area contributed by atoms with Gasteiger partial charge in [0.2, 0.25) is 5.91 Å². The minimum Gasteiger partial charge on any atom is -0.385 e. The maximum Gasteiger partial charge on any atom is 0.230 e. The Morgan fingerprint density at radius 3 is 2.39 bits per heavy atom. The Bertz CT molecular complexity index is 600. The lowest BCUT2D eigenvalue weighted by Crippen LogP contribution is -2.43. The highest BCUT2D eigenvalue weighted by atomic mass is 127. The summed E-state index contributed by atoms with van der Waals surface area (Å²) in [6.45, 7) is 5.16. The Morgan fingerprint density at radius 2 is 1.79 bits per heavy atom. The molecule has 6 nitrogen and oxygen atoms in total. The van der Waals surface area contributed by atoms with Crippen molar-refractivity contribution in [2.45, 2.75) is 39.0 Å². The molecule has 0 atom stereocenters. The molecule has 0 heterocycles. The van der Waals surface area contributed by atoms with Gasteiger partial charge in [-0.15, -0.1) is 24.0 Å². The number of amides is 1. The second-order valence-electron chi connectivity index (χ2n) is 7.46.